The van der Waals surface area contributed by atoms with Crippen molar-refractivity contribution in [2.75, 3.05) is 5.32 Å². The number of carboxylic acid groups (broad SMARTS) is 1. The first kappa shape index (κ1) is 22.2. The summed E-state index contributed by atoms with van der Waals surface area (Å²) < 4.78 is 55.4. The molecule has 0 bridgehead atoms. The van der Waals surface area contributed by atoms with Crippen LogP contribution in [0.15, 0.2) is 30.7 Å². The zero-order chi connectivity index (χ0) is 23.9. The summed E-state index contributed by atoms with van der Waals surface area (Å²) in [6.45, 7) is 0.00928. The fraction of sp³-hybridized carbons (Fsp3) is 0.250. The average Bonchev–Trinajstić information content (AvgIpc) is 3.42. The normalized spacial score (nSPS) is 13.4. The lowest BCUT2D eigenvalue weighted by Gasteiger charge is -2.19. The third-order valence-corrected chi connectivity index (χ3v) is 5.14. The molecule has 0 spiro atoms. The van der Waals surface area contributed by atoms with E-state index in [0.717, 1.165) is 18.5 Å². The van der Waals surface area contributed by atoms with E-state index in [9.17, 15) is 23.1 Å². The number of aliphatic carboxylic acids is 1. The third kappa shape index (κ3) is 4.21. The lowest BCUT2D eigenvalue weighted by Crippen LogP contribution is -2.30. The zero-order valence-corrected chi connectivity index (χ0v) is 17.2. The number of nitrogens with zero attached hydrogens (tertiary/aromatic N) is 5. The number of halogens is 4. The molecule has 4 aromatic rings. The molecule has 4 heterocycles. The Kier molecular flexibility index (Phi) is 5.70. The van der Waals surface area contributed by atoms with E-state index in [-0.39, 0.29) is 22.9 Å². The van der Waals surface area contributed by atoms with Crippen LogP contribution in [0.2, 0.25) is 0 Å². The number of alkyl halides is 2. The molecule has 3 N–H and O–H groups in total. The second-order valence-electron chi connectivity index (χ2n) is 7.33. The van der Waals surface area contributed by atoms with Gasteiger partial charge in [-0.05, 0) is 26.0 Å². The van der Waals surface area contributed by atoms with Crippen molar-refractivity contribution in [2.45, 2.75) is 26.4 Å². The smallest absolute Gasteiger partial charge is 0.333 e. The Morgan fingerprint density at radius 2 is 2.00 bits per heavy atom. The van der Waals surface area contributed by atoms with E-state index in [2.05, 4.69) is 30.4 Å². The monoisotopic (exact) mass is 463 g/mol. The van der Waals surface area contributed by atoms with Crippen LogP contribution in [0.3, 0.4) is 0 Å². The molecule has 4 rings (SSSR count). The van der Waals surface area contributed by atoms with Crippen molar-refractivity contribution in [3.05, 3.63) is 42.4 Å². The zero-order valence-electron chi connectivity index (χ0n) is 17.2. The number of pyridine rings is 1. The van der Waals surface area contributed by atoms with Crippen molar-refractivity contribution in [3.63, 3.8) is 0 Å². The average molecular weight is 463 g/mol. The van der Waals surface area contributed by atoms with Crippen LogP contribution in [-0.2, 0) is 4.79 Å². The molecule has 0 amide bonds. The fourth-order valence-electron chi connectivity index (χ4n) is 3.12. The SMILES string of the molecule is C[C@H](Nc1nc(-c2c[nH]c3ncc(F)cc23)nc(-c2ccn(C(F)F)n2)c1F)[C@H](C)C(=O)O. The molecule has 0 saturated carbocycles. The highest BCUT2D eigenvalue weighted by Gasteiger charge is 2.25. The van der Waals surface area contributed by atoms with Crippen molar-refractivity contribution < 1.29 is 27.5 Å². The molecular weight excluding hydrogens is 446 g/mol. The Morgan fingerprint density at radius 3 is 2.67 bits per heavy atom. The molecule has 0 aromatic carbocycles. The molecule has 0 radical (unpaired) electrons. The first-order chi connectivity index (χ1) is 15.7. The summed E-state index contributed by atoms with van der Waals surface area (Å²) in [7, 11) is 0. The number of carbonyl (C=O) groups is 1. The summed E-state index contributed by atoms with van der Waals surface area (Å²) >= 11 is 0. The number of fused-ring (bicyclic) bond motifs is 1. The number of H-pyrrole nitrogens is 1. The summed E-state index contributed by atoms with van der Waals surface area (Å²) in [4.78, 5) is 26.4. The van der Waals surface area contributed by atoms with E-state index in [0.29, 0.717) is 15.7 Å². The van der Waals surface area contributed by atoms with Crippen LogP contribution in [0.25, 0.3) is 33.8 Å². The molecule has 0 saturated heterocycles. The van der Waals surface area contributed by atoms with Crippen LogP contribution >= 0.6 is 0 Å². The first-order valence-electron chi connectivity index (χ1n) is 9.69. The van der Waals surface area contributed by atoms with Crippen LogP contribution in [0.5, 0.6) is 0 Å². The predicted octanol–water partition coefficient (Wildman–Crippen LogP) is 4.08. The number of aromatic amines is 1. The van der Waals surface area contributed by atoms with Gasteiger partial charge in [-0.2, -0.15) is 13.9 Å². The molecule has 172 valence electrons. The van der Waals surface area contributed by atoms with Crippen molar-refractivity contribution >= 4 is 22.8 Å². The number of aromatic nitrogens is 6. The van der Waals surface area contributed by atoms with Gasteiger partial charge in [0.25, 0.3) is 0 Å². The third-order valence-electron chi connectivity index (χ3n) is 5.14. The van der Waals surface area contributed by atoms with Crippen LogP contribution in [0, 0.1) is 17.6 Å². The molecule has 33 heavy (non-hydrogen) atoms. The highest BCUT2D eigenvalue weighted by Crippen LogP contribution is 2.32. The fourth-order valence-corrected chi connectivity index (χ4v) is 3.12. The Labute approximate surface area is 183 Å². The summed E-state index contributed by atoms with van der Waals surface area (Å²) in [6, 6.07) is 1.59. The molecule has 0 fully saturated rings. The van der Waals surface area contributed by atoms with E-state index in [1.807, 2.05) is 0 Å². The van der Waals surface area contributed by atoms with E-state index in [1.54, 1.807) is 0 Å². The van der Waals surface area contributed by atoms with Gasteiger partial charge in [-0.15, -0.1) is 0 Å². The maximum atomic E-state index is 15.3. The maximum Gasteiger partial charge on any atom is 0.333 e. The summed E-state index contributed by atoms with van der Waals surface area (Å²) in [5, 5.41) is 15.9. The largest absolute Gasteiger partial charge is 0.481 e. The lowest BCUT2D eigenvalue weighted by atomic mass is 10.0. The molecule has 2 atom stereocenters. The minimum absolute atomic E-state index is 0.0747. The molecule has 9 nitrogen and oxygen atoms in total. The van der Waals surface area contributed by atoms with Gasteiger partial charge in [0.2, 0.25) is 0 Å². The topological polar surface area (TPSA) is 122 Å². The molecule has 0 aliphatic rings. The van der Waals surface area contributed by atoms with Gasteiger partial charge in [0.1, 0.15) is 22.9 Å². The summed E-state index contributed by atoms with van der Waals surface area (Å²) in [6.07, 6.45) is 3.42. The van der Waals surface area contributed by atoms with Gasteiger partial charge < -0.3 is 15.4 Å². The summed E-state index contributed by atoms with van der Waals surface area (Å²) in [5.74, 6) is -4.08. The van der Waals surface area contributed by atoms with Gasteiger partial charge >= 0.3 is 12.5 Å². The van der Waals surface area contributed by atoms with Gasteiger partial charge in [-0.3, -0.25) is 4.79 Å². The van der Waals surface area contributed by atoms with Gasteiger partial charge in [-0.1, -0.05) is 0 Å². The maximum absolute atomic E-state index is 15.3. The van der Waals surface area contributed by atoms with Gasteiger partial charge in [0, 0.05) is 29.4 Å². The van der Waals surface area contributed by atoms with Gasteiger partial charge in [0.15, 0.2) is 17.5 Å². The van der Waals surface area contributed by atoms with Crippen LogP contribution in [-0.4, -0.2) is 46.8 Å². The molecule has 13 heteroatoms. The minimum atomic E-state index is -2.94. The van der Waals surface area contributed by atoms with Gasteiger partial charge in [-0.25, -0.2) is 28.4 Å². The van der Waals surface area contributed by atoms with Crippen molar-refractivity contribution in [3.8, 4) is 22.8 Å². The van der Waals surface area contributed by atoms with E-state index in [4.69, 9.17) is 0 Å². The van der Waals surface area contributed by atoms with E-state index >= 15 is 4.39 Å². The Balaban J connectivity index is 1.88. The Bertz CT molecular complexity index is 1340. The number of anilines is 1. The second-order valence-corrected chi connectivity index (χ2v) is 7.33. The lowest BCUT2D eigenvalue weighted by molar-refractivity contribution is -0.141. The Hall–Kier alpha value is -4.03. The number of carboxylic acids is 1. The standard InChI is InChI=1S/C20H17F4N7O2/c1-8(19(32)33)9(2)27-18-14(22)15(13-3-4-31(30-13)20(23)24)28-17(29-18)12-7-26-16-11(12)5-10(21)6-25-16/h3-9,20H,1-2H3,(H,25,26)(H,32,33)(H,27,28,29)/t8-,9-/m0/s1. The van der Waals surface area contributed by atoms with Crippen molar-refractivity contribution in [1.82, 2.24) is 29.7 Å². The molecule has 0 aliphatic carbocycles. The first-order valence-corrected chi connectivity index (χ1v) is 9.69. The predicted molar refractivity (Wildman–Crippen MR) is 109 cm³/mol. The highest BCUT2D eigenvalue weighted by molar-refractivity contribution is 5.92. The molecule has 4 aromatic heterocycles. The Morgan fingerprint density at radius 1 is 1.24 bits per heavy atom. The van der Waals surface area contributed by atoms with Crippen molar-refractivity contribution in [2.24, 2.45) is 5.92 Å². The molecule has 0 aliphatic heterocycles. The van der Waals surface area contributed by atoms with E-state index in [1.165, 1.54) is 26.1 Å². The molecular formula is C20H17F4N7O2. The second kappa shape index (κ2) is 8.48. The molecule has 0 unspecified atom stereocenters. The van der Waals surface area contributed by atoms with Gasteiger partial charge in [0.05, 0.1) is 12.1 Å². The summed E-state index contributed by atoms with van der Waals surface area (Å²) in [5.41, 5.74) is 0.0112. The number of hydrogen-bond donors (Lipinski definition) is 3. The quantitative estimate of drug-likeness (QED) is 0.353. The highest BCUT2D eigenvalue weighted by atomic mass is 19.3. The number of rotatable bonds is 7. The van der Waals surface area contributed by atoms with Crippen LogP contribution in [0.1, 0.15) is 20.4 Å². The number of hydrogen-bond acceptors (Lipinski definition) is 6. The number of nitrogens with one attached hydrogen (secondary N) is 2. The van der Waals surface area contributed by atoms with Crippen LogP contribution < -0.4 is 5.32 Å². The van der Waals surface area contributed by atoms with E-state index < -0.39 is 41.8 Å². The van der Waals surface area contributed by atoms with Crippen LogP contribution in [0.4, 0.5) is 23.4 Å². The minimum Gasteiger partial charge on any atom is -0.481 e. The van der Waals surface area contributed by atoms with Crippen molar-refractivity contribution in [1.29, 1.82) is 0 Å².